The van der Waals surface area contributed by atoms with Crippen molar-refractivity contribution in [3.8, 4) is 0 Å². The summed E-state index contributed by atoms with van der Waals surface area (Å²) in [5.41, 5.74) is -0.257. The second-order valence-corrected chi connectivity index (χ2v) is 5.33. The van der Waals surface area contributed by atoms with Gasteiger partial charge in [-0.05, 0) is 17.7 Å². The third-order valence-electron chi connectivity index (χ3n) is 1.69. The Morgan fingerprint density at radius 2 is 2.07 bits per heavy atom. The van der Waals surface area contributed by atoms with Crippen LogP contribution in [0.5, 0.6) is 0 Å². The van der Waals surface area contributed by atoms with Gasteiger partial charge in [0.2, 0.25) is 0 Å². The van der Waals surface area contributed by atoms with Crippen molar-refractivity contribution < 1.29 is 22.7 Å². The molecule has 0 heterocycles. The molecule has 0 aliphatic heterocycles. The highest BCUT2D eigenvalue weighted by Gasteiger charge is 2.12. The monoisotopic (exact) mass is 232 g/mol. The molecule has 1 aromatic rings. The highest BCUT2D eigenvalue weighted by molar-refractivity contribution is 7.89. The molecule has 15 heavy (non-hydrogen) atoms. The summed E-state index contributed by atoms with van der Waals surface area (Å²) in [6, 6.07) is 3.23. The summed E-state index contributed by atoms with van der Waals surface area (Å²) in [4.78, 5) is 10.6. The summed E-state index contributed by atoms with van der Waals surface area (Å²) in [6.45, 7) is 0. The molecular weight excluding hydrogens is 223 g/mol. The first kappa shape index (κ1) is 11.6. The quantitative estimate of drug-likeness (QED) is 0.846. The zero-order valence-electron chi connectivity index (χ0n) is 7.90. The molecule has 0 spiro atoms. The third-order valence-corrected chi connectivity index (χ3v) is 2.55. The Labute approximate surface area is 86.3 Å². The highest BCUT2D eigenvalue weighted by atomic mass is 32.2. The molecular formula is C9H9FO4S. The van der Waals surface area contributed by atoms with E-state index in [4.69, 9.17) is 5.11 Å². The molecule has 82 valence electrons. The molecule has 0 aliphatic carbocycles. The van der Waals surface area contributed by atoms with Crippen molar-refractivity contribution in [2.75, 3.05) is 6.26 Å². The molecule has 0 bridgehead atoms. The van der Waals surface area contributed by atoms with Crippen LogP contribution < -0.4 is 0 Å². The topological polar surface area (TPSA) is 71.4 Å². The van der Waals surface area contributed by atoms with Gasteiger partial charge in [-0.3, -0.25) is 0 Å². The lowest BCUT2D eigenvalue weighted by molar-refractivity contribution is 0.0691. The number of halogens is 1. The molecule has 0 radical (unpaired) electrons. The number of carboxylic acid groups (broad SMARTS) is 1. The van der Waals surface area contributed by atoms with Crippen LogP contribution in [0.3, 0.4) is 0 Å². The summed E-state index contributed by atoms with van der Waals surface area (Å²) in [7, 11) is -3.25. The summed E-state index contributed by atoms with van der Waals surface area (Å²) in [5.74, 6) is -2.59. The molecule has 0 aromatic heterocycles. The summed E-state index contributed by atoms with van der Waals surface area (Å²) >= 11 is 0. The van der Waals surface area contributed by atoms with Crippen LogP contribution in [0.2, 0.25) is 0 Å². The Morgan fingerprint density at radius 1 is 1.47 bits per heavy atom. The van der Waals surface area contributed by atoms with Crippen molar-refractivity contribution in [3.05, 3.63) is 35.1 Å². The maximum absolute atomic E-state index is 12.9. The van der Waals surface area contributed by atoms with Crippen molar-refractivity contribution in [2.24, 2.45) is 0 Å². The van der Waals surface area contributed by atoms with E-state index in [9.17, 15) is 17.6 Å². The minimum absolute atomic E-state index is 0.260. The molecule has 6 heteroatoms. The first-order chi connectivity index (χ1) is 6.79. The fourth-order valence-electron chi connectivity index (χ4n) is 1.13. The van der Waals surface area contributed by atoms with Gasteiger partial charge >= 0.3 is 5.97 Å². The van der Waals surface area contributed by atoms with Crippen molar-refractivity contribution in [2.45, 2.75) is 5.75 Å². The lowest BCUT2D eigenvalue weighted by Crippen LogP contribution is -2.05. The Hall–Kier alpha value is -1.43. The first-order valence-electron chi connectivity index (χ1n) is 3.99. The number of hydrogen-bond acceptors (Lipinski definition) is 3. The van der Waals surface area contributed by atoms with Crippen LogP contribution in [-0.2, 0) is 15.6 Å². The Morgan fingerprint density at radius 3 is 2.53 bits per heavy atom. The summed E-state index contributed by atoms with van der Waals surface area (Å²) < 4.78 is 34.8. The van der Waals surface area contributed by atoms with E-state index in [1.165, 1.54) is 6.07 Å². The van der Waals surface area contributed by atoms with E-state index in [-0.39, 0.29) is 11.3 Å². The molecule has 1 rings (SSSR count). The van der Waals surface area contributed by atoms with Crippen LogP contribution in [0.15, 0.2) is 18.2 Å². The number of carboxylic acids is 1. The van der Waals surface area contributed by atoms with Gasteiger partial charge in [0.1, 0.15) is 5.82 Å². The molecule has 0 saturated carbocycles. The number of carbonyl (C=O) groups is 1. The van der Waals surface area contributed by atoms with Gasteiger partial charge in [0.15, 0.2) is 9.84 Å². The molecule has 4 nitrogen and oxygen atoms in total. The van der Waals surface area contributed by atoms with Crippen LogP contribution in [0, 0.1) is 5.82 Å². The highest BCUT2D eigenvalue weighted by Crippen LogP contribution is 2.12. The molecule has 0 aliphatic rings. The SMILES string of the molecule is CS(=O)(=O)Cc1ccc(F)c(C(=O)O)c1. The van der Waals surface area contributed by atoms with E-state index in [0.29, 0.717) is 0 Å². The average molecular weight is 232 g/mol. The standard InChI is InChI=1S/C9H9FO4S/c1-15(13,14)5-6-2-3-8(10)7(4-6)9(11)12/h2-4H,5H2,1H3,(H,11,12). The van der Waals surface area contributed by atoms with Crippen LogP contribution in [-0.4, -0.2) is 25.7 Å². The largest absolute Gasteiger partial charge is 0.478 e. The number of benzene rings is 1. The summed E-state index contributed by atoms with van der Waals surface area (Å²) in [6.07, 6.45) is 1.02. The molecule has 0 amide bonds. The minimum Gasteiger partial charge on any atom is -0.478 e. The number of rotatable bonds is 3. The second kappa shape index (κ2) is 3.98. The third kappa shape index (κ3) is 3.32. The lowest BCUT2D eigenvalue weighted by Gasteiger charge is -2.02. The van der Waals surface area contributed by atoms with Gasteiger partial charge in [-0.15, -0.1) is 0 Å². The maximum atomic E-state index is 12.9. The van der Waals surface area contributed by atoms with Crippen molar-refractivity contribution in [1.29, 1.82) is 0 Å². The summed E-state index contributed by atoms with van der Waals surface area (Å²) in [5, 5.41) is 8.60. The zero-order valence-corrected chi connectivity index (χ0v) is 8.71. The molecule has 1 aromatic carbocycles. The van der Waals surface area contributed by atoms with Crippen LogP contribution in [0.25, 0.3) is 0 Å². The fraction of sp³-hybridized carbons (Fsp3) is 0.222. The van der Waals surface area contributed by atoms with Gasteiger partial charge in [-0.25, -0.2) is 17.6 Å². The maximum Gasteiger partial charge on any atom is 0.338 e. The second-order valence-electron chi connectivity index (χ2n) is 3.19. The van der Waals surface area contributed by atoms with Crippen molar-refractivity contribution in [1.82, 2.24) is 0 Å². The predicted octanol–water partition coefficient (Wildman–Crippen LogP) is 1.07. The van der Waals surface area contributed by atoms with Crippen molar-refractivity contribution >= 4 is 15.8 Å². The fourth-order valence-corrected chi connectivity index (χ4v) is 1.91. The smallest absolute Gasteiger partial charge is 0.338 e. The number of sulfone groups is 1. The van der Waals surface area contributed by atoms with Gasteiger partial charge < -0.3 is 5.11 Å². The molecule has 0 atom stereocenters. The minimum atomic E-state index is -3.25. The van der Waals surface area contributed by atoms with Crippen molar-refractivity contribution in [3.63, 3.8) is 0 Å². The lowest BCUT2D eigenvalue weighted by atomic mass is 10.1. The Kier molecular flexibility index (Phi) is 3.09. The van der Waals surface area contributed by atoms with E-state index in [2.05, 4.69) is 0 Å². The van der Waals surface area contributed by atoms with Gasteiger partial charge in [0.25, 0.3) is 0 Å². The number of hydrogen-bond donors (Lipinski definition) is 1. The zero-order chi connectivity index (χ0) is 11.6. The van der Waals surface area contributed by atoms with Gasteiger partial charge in [-0.2, -0.15) is 0 Å². The molecule has 0 fully saturated rings. The predicted molar refractivity (Wildman–Crippen MR) is 51.9 cm³/mol. The Balaban J connectivity index is 3.14. The van der Waals surface area contributed by atoms with E-state index < -0.39 is 27.2 Å². The van der Waals surface area contributed by atoms with Crippen LogP contribution >= 0.6 is 0 Å². The average Bonchev–Trinajstić information content (AvgIpc) is 2.05. The van der Waals surface area contributed by atoms with Gasteiger partial charge in [0.05, 0.1) is 11.3 Å². The van der Waals surface area contributed by atoms with E-state index in [0.717, 1.165) is 18.4 Å². The molecule has 1 N–H and O–H groups in total. The Bertz CT molecular complexity index is 493. The van der Waals surface area contributed by atoms with Gasteiger partial charge in [-0.1, -0.05) is 6.07 Å². The number of aromatic carboxylic acids is 1. The van der Waals surface area contributed by atoms with Crippen LogP contribution in [0.1, 0.15) is 15.9 Å². The van der Waals surface area contributed by atoms with E-state index in [1.807, 2.05) is 0 Å². The van der Waals surface area contributed by atoms with Crippen LogP contribution in [0.4, 0.5) is 4.39 Å². The van der Waals surface area contributed by atoms with E-state index in [1.54, 1.807) is 0 Å². The first-order valence-corrected chi connectivity index (χ1v) is 6.05. The molecule has 0 saturated heterocycles. The van der Waals surface area contributed by atoms with Gasteiger partial charge in [0, 0.05) is 6.26 Å². The van der Waals surface area contributed by atoms with E-state index >= 15 is 0 Å². The normalized spacial score (nSPS) is 11.3. The molecule has 0 unspecified atom stereocenters.